The van der Waals surface area contributed by atoms with E-state index < -0.39 is 0 Å². The summed E-state index contributed by atoms with van der Waals surface area (Å²) in [5, 5.41) is 16.5. The standard InChI is InChI=1S/C24H33N5O4/c1-2-31-20(30)9-6-14-29-23(26-27-28-29)21(18-7-5-8-19-22(18)33-16-32-19)25-17-10-13-24(15-17)11-3-4-12-24/h5,7-8,17,21,25H,2-4,6,9-16H2,1H3. The number of nitrogens with one attached hydrogen (secondary N) is 1. The van der Waals surface area contributed by atoms with Crippen molar-refractivity contribution in [2.75, 3.05) is 13.4 Å². The molecule has 3 aliphatic rings. The van der Waals surface area contributed by atoms with Gasteiger partial charge in [-0.25, -0.2) is 4.68 Å². The van der Waals surface area contributed by atoms with Gasteiger partial charge < -0.3 is 19.5 Å². The molecule has 1 N–H and O–H groups in total. The fourth-order valence-corrected chi connectivity index (χ4v) is 5.83. The first-order chi connectivity index (χ1) is 16.2. The number of hydrogen-bond donors (Lipinski definition) is 1. The summed E-state index contributed by atoms with van der Waals surface area (Å²) in [6.45, 7) is 2.97. The third-order valence-electron chi connectivity index (χ3n) is 7.38. The lowest BCUT2D eigenvalue weighted by molar-refractivity contribution is -0.143. The van der Waals surface area contributed by atoms with Crippen LogP contribution in [-0.2, 0) is 16.1 Å². The van der Waals surface area contributed by atoms with E-state index >= 15 is 0 Å². The van der Waals surface area contributed by atoms with Gasteiger partial charge in [0.1, 0.15) is 0 Å². The van der Waals surface area contributed by atoms with Gasteiger partial charge in [-0.15, -0.1) is 5.10 Å². The van der Waals surface area contributed by atoms with E-state index in [9.17, 15) is 4.79 Å². The normalized spacial score (nSPS) is 21.5. The van der Waals surface area contributed by atoms with Crippen molar-refractivity contribution in [2.45, 2.75) is 83.3 Å². The minimum absolute atomic E-state index is 0.193. The highest BCUT2D eigenvalue weighted by Crippen LogP contribution is 2.51. The van der Waals surface area contributed by atoms with Crippen molar-refractivity contribution in [1.82, 2.24) is 25.5 Å². The number of carbonyl (C=O) groups is 1. The lowest BCUT2D eigenvalue weighted by Gasteiger charge is -2.26. The Morgan fingerprint density at radius 2 is 2.18 bits per heavy atom. The van der Waals surface area contributed by atoms with Crippen LogP contribution in [0.15, 0.2) is 18.2 Å². The number of esters is 1. The van der Waals surface area contributed by atoms with Crippen LogP contribution in [0.2, 0.25) is 0 Å². The minimum Gasteiger partial charge on any atom is -0.466 e. The number of benzene rings is 1. The van der Waals surface area contributed by atoms with E-state index in [-0.39, 0.29) is 18.8 Å². The monoisotopic (exact) mass is 455 g/mol. The Morgan fingerprint density at radius 3 is 3.03 bits per heavy atom. The molecule has 1 aromatic heterocycles. The Morgan fingerprint density at radius 1 is 1.30 bits per heavy atom. The Labute approximate surface area is 194 Å². The van der Waals surface area contributed by atoms with Gasteiger partial charge in [0.05, 0.1) is 12.6 Å². The van der Waals surface area contributed by atoms with Gasteiger partial charge in [-0.2, -0.15) is 0 Å². The summed E-state index contributed by atoms with van der Waals surface area (Å²) in [6, 6.07) is 6.15. The molecule has 1 spiro atoms. The number of hydrogen-bond acceptors (Lipinski definition) is 8. The SMILES string of the molecule is CCOC(=O)CCCn1nnnc1C(NC1CCC2(CCCC2)C1)c1cccc2c1OCO2. The molecule has 1 aromatic carbocycles. The molecule has 2 fully saturated rings. The van der Waals surface area contributed by atoms with Gasteiger partial charge in [-0.05, 0) is 67.4 Å². The predicted molar refractivity (Wildman–Crippen MR) is 120 cm³/mol. The predicted octanol–water partition coefficient (Wildman–Crippen LogP) is 3.54. The Kier molecular flexibility index (Phi) is 6.48. The highest BCUT2D eigenvalue weighted by molar-refractivity contribution is 5.69. The topological polar surface area (TPSA) is 100 Å². The summed E-state index contributed by atoms with van der Waals surface area (Å²) < 4.78 is 18.3. The molecule has 2 heterocycles. The van der Waals surface area contributed by atoms with Crippen LogP contribution in [0.4, 0.5) is 0 Å². The number of nitrogens with zero attached hydrogens (tertiary/aromatic N) is 4. The maximum absolute atomic E-state index is 11.8. The van der Waals surface area contributed by atoms with E-state index in [1.807, 2.05) is 19.1 Å². The molecule has 178 valence electrons. The molecule has 0 amide bonds. The van der Waals surface area contributed by atoms with E-state index in [0.29, 0.717) is 37.5 Å². The Hall–Kier alpha value is -2.68. The molecule has 2 unspecified atom stereocenters. The number of carbonyl (C=O) groups excluding carboxylic acids is 1. The molecule has 2 aromatic rings. The van der Waals surface area contributed by atoms with E-state index in [2.05, 4.69) is 26.9 Å². The minimum atomic E-state index is -0.221. The molecule has 9 nitrogen and oxygen atoms in total. The first-order valence-electron chi connectivity index (χ1n) is 12.2. The second-order valence-corrected chi connectivity index (χ2v) is 9.50. The van der Waals surface area contributed by atoms with Gasteiger partial charge in [-0.3, -0.25) is 4.79 Å². The summed E-state index contributed by atoms with van der Waals surface area (Å²) in [5.74, 6) is 2.04. The molecular formula is C24H33N5O4. The van der Waals surface area contributed by atoms with Gasteiger partial charge in [0.25, 0.3) is 0 Å². The number of fused-ring (bicyclic) bond motifs is 1. The third kappa shape index (κ3) is 4.69. The van der Waals surface area contributed by atoms with Crippen LogP contribution in [0.25, 0.3) is 0 Å². The lowest BCUT2D eigenvalue weighted by Crippen LogP contribution is -2.34. The first kappa shape index (κ1) is 22.1. The van der Waals surface area contributed by atoms with E-state index in [4.69, 9.17) is 14.2 Å². The van der Waals surface area contributed by atoms with Gasteiger partial charge >= 0.3 is 5.97 Å². The van der Waals surface area contributed by atoms with Crippen LogP contribution >= 0.6 is 0 Å². The third-order valence-corrected chi connectivity index (χ3v) is 7.38. The lowest BCUT2D eigenvalue weighted by atomic mass is 9.84. The van der Waals surface area contributed by atoms with Gasteiger partial charge in [0, 0.05) is 24.6 Å². The molecule has 2 aliphatic carbocycles. The average molecular weight is 456 g/mol. The molecule has 0 bridgehead atoms. The first-order valence-corrected chi connectivity index (χ1v) is 12.2. The summed E-state index contributed by atoms with van der Waals surface area (Å²) in [5.41, 5.74) is 1.49. The molecule has 9 heteroatoms. The zero-order chi connectivity index (χ0) is 22.7. The van der Waals surface area contributed by atoms with Crippen LogP contribution in [0, 0.1) is 5.41 Å². The summed E-state index contributed by atoms with van der Waals surface area (Å²) in [4.78, 5) is 11.8. The molecular weight excluding hydrogens is 422 g/mol. The molecule has 0 saturated heterocycles. The fourth-order valence-electron chi connectivity index (χ4n) is 5.83. The molecule has 1 aliphatic heterocycles. The van der Waals surface area contributed by atoms with E-state index in [1.54, 1.807) is 4.68 Å². The fraction of sp³-hybridized carbons (Fsp3) is 0.667. The molecule has 33 heavy (non-hydrogen) atoms. The largest absolute Gasteiger partial charge is 0.466 e. The maximum Gasteiger partial charge on any atom is 0.305 e. The molecule has 2 saturated carbocycles. The van der Waals surface area contributed by atoms with Gasteiger partial charge in [0.15, 0.2) is 17.3 Å². The van der Waals surface area contributed by atoms with Crippen LogP contribution in [0.5, 0.6) is 11.5 Å². The van der Waals surface area contributed by atoms with Crippen molar-refractivity contribution in [3.63, 3.8) is 0 Å². The second-order valence-electron chi connectivity index (χ2n) is 9.50. The van der Waals surface area contributed by atoms with Crippen LogP contribution in [0.3, 0.4) is 0 Å². The number of rotatable bonds is 9. The zero-order valence-corrected chi connectivity index (χ0v) is 19.3. The number of para-hydroxylation sites is 1. The molecule has 2 atom stereocenters. The van der Waals surface area contributed by atoms with Crippen molar-refractivity contribution >= 4 is 5.97 Å². The number of tetrazole rings is 1. The summed E-state index contributed by atoms with van der Waals surface area (Å²) in [6.07, 6.45) is 10.00. The number of aromatic nitrogens is 4. The van der Waals surface area contributed by atoms with Gasteiger partial charge in [0.2, 0.25) is 6.79 Å². The highest BCUT2D eigenvalue weighted by Gasteiger charge is 2.42. The van der Waals surface area contributed by atoms with Crippen LogP contribution in [0.1, 0.15) is 82.1 Å². The molecule has 0 radical (unpaired) electrons. The maximum atomic E-state index is 11.8. The molecule has 5 rings (SSSR count). The number of ether oxygens (including phenoxy) is 3. The number of aryl methyl sites for hydroxylation is 1. The Bertz CT molecular complexity index is 972. The van der Waals surface area contributed by atoms with Crippen LogP contribution in [-0.4, -0.2) is 45.6 Å². The van der Waals surface area contributed by atoms with E-state index in [1.165, 1.54) is 38.5 Å². The summed E-state index contributed by atoms with van der Waals surface area (Å²) in [7, 11) is 0. The average Bonchev–Trinajstić information content (AvgIpc) is 3.61. The zero-order valence-electron chi connectivity index (χ0n) is 19.3. The van der Waals surface area contributed by atoms with Crippen molar-refractivity contribution < 1.29 is 19.0 Å². The second kappa shape index (κ2) is 9.67. The smallest absolute Gasteiger partial charge is 0.305 e. The highest BCUT2D eigenvalue weighted by atomic mass is 16.7. The Balaban J connectivity index is 1.38. The van der Waals surface area contributed by atoms with E-state index in [0.717, 1.165) is 29.3 Å². The van der Waals surface area contributed by atoms with Crippen molar-refractivity contribution in [2.24, 2.45) is 5.41 Å². The van der Waals surface area contributed by atoms with Crippen molar-refractivity contribution in [3.8, 4) is 11.5 Å². The van der Waals surface area contributed by atoms with Gasteiger partial charge in [-0.1, -0.05) is 25.0 Å². The van der Waals surface area contributed by atoms with Crippen LogP contribution < -0.4 is 14.8 Å². The van der Waals surface area contributed by atoms with Crippen molar-refractivity contribution in [3.05, 3.63) is 29.6 Å². The quantitative estimate of drug-likeness (QED) is 0.573. The summed E-state index contributed by atoms with van der Waals surface area (Å²) >= 11 is 0. The van der Waals surface area contributed by atoms with Crippen molar-refractivity contribution in [1.29, 1.82) is 0 Å².